The lowest BCUT2D eigenvalue weighted by molar-refractivity contribution is -0.118. The topological polar surface area (TPSA) is 111 Å². The SMILES string of the molecule is CCCCOC(=O)c1ccc(NC(=O)COc2ccc(S(=O)(=O)NCCC)cc2Cl)cc1. The number of carbonyl (C=O) groups excluding carboxylic acids is 2. The fourth-order valence-electron chi connectivity index (χ4n) is 2.51. The first kappa shape index (κ1) is 25.6. The van der Waals surface area contributed by atoms with Crippen molar-refractivity contribution in [1.82, 2.24) is 4.72 Å². The summed E-state index contributed by atoms with van der Waals surface area (Å²) in [7, 11) is -3.65. The number of carbonyl (C=O) groups is 2. The zero-order valence-electron chi connectivity index (χ0n) is 18.0. The van der Waals surface area contributed by atoms with Crippen molar-refractivity contribution in [2.24, 2.45) is 0 Å². The van der Waals surface area contributed by atoms with Crippen LogP contribution in [0.3, 0.4) is 0 Å². The van der Waals surface area contributed by atoms with E-state index in [4.69, 9.17) is 21.1 Å². The van der Waals surface area contributed by atoms with E-state index in [1.54, 1.807) is 24.3 Å². The van der Waals surface area contributed by atoms with Crippen LogP contribution in [0, 0.1) is 0 Å². The van der Waals surface area contributed by atoms with Gasteiger partial charge in [0, 0.05) is 12.2 Å². The molecule has 0 aromatic heterocycles. The molecule has 0 aliphatic rings. The fraction of sp³-hybridized carbons (Fsp3) is 0.364. The van der Waals surface area contributed by atoms with Crippen LogP contribution in [-0.2, 0) is 19.6 Å². The third-order valence-corrected chi connectivity index (χ3v) is 6.00. The van der Waals surface area contributed by atoms with E-state index in [1.165, 1.54) is 18.2 Å². The highest BCUT2D eigenvalue weighted by atomic mass is 35.5. The molecular weight excluding hydrogens is 456 g/mol. The molecule has 0 fully saturated rings. The van der Waals surface area contributed by atoms with E-state index in [-0.39, 0.29) is 22.3 Å². The Morgan fingerprint density at radius 1 is 1.03 bits per heavy atom. The van der Waals surface area contributed by atoms with Crippen LogP contribution < -0.4 is 14.8 Å². The quantitative estimate of drug-likeness (QED) is 0.349. The number of nitrogens with one attached hydrogen (secondary N) is 2. The predicted molar refractivity (Wildman–Crippen MR) is 123 cm³/mol. The van der Waals surface area contributed by atoms with Gasteiger partial charge in [-0.2, -0.15) is 0 Å². The molecule has 2 aromatic carbocycles. The summed E-state index contributed by atoms with van der Waals surface area (Å²) in [5.41, 5.74) is 0.879. The van der Waals surface area contributed by atoms with Crippen LogP contribution in [0.1, 0.15) is 43.5 Å². The maximum Gasteiger partial charge on any atom is 0.338 e. The number of rotatable bonds is 12. The smallest absolute Gasteiger partial charge is 0.338 e. The van der Waals surface area contributed by atoms with E-state index in [2.05, 4.69) is 10.0 Å². The van der Waals surface area contributed by atoms with Gasteiger partial charge < -0.3 is 14.8 Å². The number of halogens is 1. The number of amides is 1. The zero-order valence-corrected chi connectivity index (χ0v) is 19.6. The molecule has 0 saturated carbocycles. The molecule has 2 aromatic rings. The van der Waals surface area contributed by atoms with Gasteiger partial charge >= 0.3 is 5.97 Å². The van der Waals surface area contributed by atoms with Gasteiger partial charge in [0.15, 0.2) is 6.61 Å². The van der Waals surface area contributed by atoms with E-state index in [0.717, 1.165) is 12.8 Å². The molecule has 10 heteroatoms. The van der Waals surface area contributed by atoms with Gasteiger partial charge in [0.1, 0.15) is 5.75 Å². The van der Waals surface area contributed by atoms with Crippen molar-refractivity contribution in [2.75, 3.05) is 25.1 Å². The minimum absolute atomic E-state index is 0.0149. The van der Waals surface area contributed by atoms with Crippen LogP contribution >= 0.6 is 11.6 Å². The van der Waals surface area contributed by atoms with Gasteiger partial charge in [0.05, 0.1) is 22.1 Å². The summed E-state index contributed by atoms with van der Waals surface area (Å²) in [5.74, 6) is -0.674. The molecule has 0 atom stereocenters. The van der Waals surface area contributed by atoms with Gasteiger partial charge in [-0.15, -0.1) is 0 Å². The van der Waals surface area contributed by atoms with Crippen LogP contribution in [0.15, 0.2) is 47.4 Å². The fourth-order valence-corrected chi connectivity index (χ4v) is 3.97. The highest BCUT2D eigenvalue weighted by Gasteiger charge is 2.16. The van der Waals surface area contributed by atoms with Gasteiger partial charge in [-0.25, -0.2) is 17.9 Å². The Morgan fingerprint density at radius 3 is 2.38 bits per heavy atom. The van der Waals surface area contributed by atoms with Gasteiger partial charge in [0.25, 0.3) is 5.91 Å². The minimum Gasteiger partial charge on any atom is -0.482 e. The van der Waals surface area contributed by atoms with Crippen LogP contribution in [0.25, 0.3) is 0 Å². The number of anilines is 1. The van der Waals surface area contributed by atoms with Crippen LogP contribution in [0.2, 0.25) is 5.02 Å². The Balaban J connectivity index is 1.89. The largest absolute Gasteiger partial charge is 0.482 e. The first-order valence-electron chi connectivity index (χ1n) is 10.3. The molecule has 0 radical (unpaired) electrons. The first-order valence-corrected chi connectivity index (χ1v) is 12.1. The second kappa shape index (κ2) is 12.4. The number of hydrogen-bond acceptors (Lipinski definition) is 6. The summed E-state index contributed by atoms with van der Waals surface area (Å²) in [5, 5.41) is 2.72. The lowest BCUT2D eigenvalue weighted by Gasteiger charge is -2.11. The first-order chi connectivity index (χ1) is 15.3. The molecule has 2 N–H and O–H groups in total. The Hall–Kier alpha value is -2.62. The number of ether oxygens (including phenoxy) is 2. The van der Waals surface area contributed by atoms with Crippen LogP contribution in [-0.4, -0.2) is 40.1 Å². The Labute approximate surface area is 193 Å². The Bertz CT molecular complexity index is 1030. The number of esters is 1. The average molecular weight is 483 g/mol. The van der Waals surface area contributed by atoms with E-state index in [9.17, 15) is 18.0 Å². The summed E-state index contributed by atoms with van der Waals surface area (Å²) in [6.07, 6.45) is 2.40. The Morgan fingerprint density at radius 2 is 1.75 bits per heavy atom. The standard InChI is InChI=1S/C22H27ClN2O6S/c1-3-5-13-30-22(27)16-6-8-17(9-7-16)25-21(26)15-31-20-11-10-18(14-19(20)23)32(28,29)24-12-4-2/h6-11,14,24H,3-5,12-13,15H2,1-2H3,(H,25,26). The summed E-state index contributed by atoms with van der Waals surface area (Å²) < 4.78 is 37.3. The summed E-state index contributed by atoms with van der Waals surface area (Å²) in [4.78, 5) is 24.1. The van der Waals surface area contributed by atoms with E-state index in [0.29, 0.717) is 30.8 Å². The number of benzene rings is 2. The number of unbranched alkanes of at least 4 members (excludes halogenated alkanes) is 1. The average Bonchev–Trinajstić information content (AvgIpc) is 2.77. The maximum absolute atomic E-state index is 12.2. The lowest BCUT2D eigenvalue weighted by atomic mass is 10.2. The summed E-state index contributed by atoms with van der Waals surface area (Å²) in [6, 6.07) is 10.3. The number of hydrogen-bond donors (Lipinski definition) is 2. The summed E-state index contributed by atoms with van der Waals surface area (Å²) in [6.45, 7) is 4.22. The highest BCUT2D eigenvalue weighted by molar-refractivity contribution is 7.89. The second-order valence-corrected chi connectivity index (χ2v) is 9.07. The molecule has 0 aliphatic carbocycles. The zero-order chi connectivity index (χ0) is 23.6. The van der Waals surface area contributed by atoms with Crippen molar-refractivity contribution in [1.29, 1.82) is 0 Å². The molecule has 1 amide bonds. The second-order valence-electron chi connectivity index (χ2n) is 6.89. The van der Waals surface area contributed by atoms with Crippen molar-refractivity contribution in [3.05, 3.63) is 53.1 Å². The van der Waals surface area contributed by atoms with Gasteiger partial charge in [-0.3, -0.25) is 4.79 Å². The predicted octanol–water partition coefficient (Wildman–Crippen LogP) is 4.00. The monoisotopic (exact) mass is 482 g/mol. The van der Waals surface area contributed by atoms with E-state index in [1.807, 2.05) is 13.8 Å². The van der Waals surface area contributed by atoms with Crippen LogP contribution in [0.4, 0.5) is 5.69 Å². The molecule has 2 rings (SSSR count). The molecule has 32 heavy (non-hydrogen) atoms. The molecule has 0 spiro atoms. The lowest BCUT2D eigenvalue weighted by Crippen LogP contribution is -2.24. The van der Waals surface area contributed by atoms with Crippen molar-refractivity contribution in [3.8, 4) is 5.75 Å². The van der Waals surface area contributed by atoms with Crippen LogP contribution in [0.5, 0.6) is 5.75 Å². The molecule has 0 unspecified atom stereocenters. The van der Waals surface area contributed by atoms with E-state index >= 15 is 0 Å². The normalized spacial score (nSPS) is 11.1. The Kier molecular flexibility index (Phi) is 9.96. The third kappa shape index (κ3) is 7.81. The van der Waals surface area contributed by atoms with Crippen molar-refractivity contribution >= 4 is 39.2 Å². The highest BCUT2D eigenvalue weighted by Crippen LogP contribution is 2.27. The molecule has 8 nitrogen and oxygen atoms in total. The molecule has 0 saturated heterocycles. The number of sulfonamides is 1. The summed E-state index contributed by atoms with van der Waals surface area (Å²) >= 11 is 6.11. The van der Waals surface area contributed by atoms with Gasteiger partial charge in [-0.1, -0.05) is 31.9 Å². The van der Waals surface area contributed by atoms with Crippen molar-refractivity contribution in [3.63, 3.8) is 0 Å². The van der Waals surface area contributed by atoms with Gasteiger partial charge in [-0.05, 0) is 55.3 Å². The minimum atomic E-state index is -3.65. The maximum atomic E-state index is 12.2. The molecule has 174 valence electrons. The molecular formula is C22H27ClN2O6S. The third-order valence-electron chi connectivity index (χ3n) is 4.25. The van der Waals surface area contributed by atoms with Crippen molar-refractivity contribution < 1.29 is 27.5 Å². The van der Waals surface area contributed by atoms with Crippen molar-refractivity contribution in [2.45, 2.75) is 38.0 Å². The molecule has 0 bridgehead atoms. The van der Waals surface area contributed by atoms with E-state index < -0.39 is 21.9 Å². The molecule has 0 heterocycles. The molecule has 0 aliphatic heterocycles. The van der Waals surface area contributed by atoms with Gasteiger partial charge in [0.2, 0.25) is 10.0 Å².